The van der Waals surface area contributed by atoms with E-state index in [0.717, 1.165) is 19.3 Å². The molecule has 6 heteroatoms. The number of rotatable bonds is 6. The third kappa shape index (κ3) is 4.81. The van der Waals surface area contributed by atoms with Crippen LogP contribution in [-0.4, -0.2) is 22.9 Å². The number of benzene rings is 1. The maximum atomic E-state index is 12.4. The van der Waals surface area contributed by atoms with Crippen molar-refractivity contribution in [2.24, 2.45) is 11.8 Å². The molecule has 2 unspecified atom stereocenters. The summed E-state index contributed by atoms with van der Waals surface area (Å²) < 4.78 is 0. The van der Waals surface area contributed by atoms with Gasteiger partial charge < -0.3 is 15.7 Å². The van der Waals surface area contributed by atoms with Crippen molar-refractivity contribution in [1.29, 1.82) is 0 Å². The van der Waals surface area contributed by atoms with Gasteiger partial charge in [-0.1, -0.05) is 19.8 Å². The molecule has 0 bridgehead atoms. The number of carbonyl (C=O) groups is 3. The van der Waals surface area contributed by atoms with Gasteiger partial charge >= 0.3 is 5.97 Å². The Morgan fingerprint density at radius 3 is 2.08 bits per heavy atom. The molecule has 24 heavy (non-hydrogen) atoms. The highest BCUT2D eigenvalue weighted by molar-refractivity contribution is 5.96. The third-order valence-electron chi connectivity index (χ3n) is 4.33. The van der Waals surface area contributed by atoms with Crippen LogP contribution in [0.5, 0.6) is 0 Å². The molecule has 0 radical (unpaired) electrons. The molecule has 0 saturated heterocycles. The molecule has 0 aromatic heterocycles. The summed E-state index contributed by atoms with van der Waals surface area (Å²) in [5.74, 6) is -2.28. The van der Waals surface area contributed by atoms with Gasteiger partial charge in [-0.25, -0.2) is 0 Å². The summed E-state index contributed by atoms with van der Waals surface area (Å²) in [6, 6.07) is 6.85. The highest BCUT2D eigenvalue weighted by Gasteiger charge is 2.35. The van der Waals surface area contributed by atoms with Crippen molar-refractivity contribution in [3.8, 4) is 0 Å². The van der Waals surface area contributed by atoms with Crippen LogP contribution >= 0.6 is 0 Å². The Labute approximate surface area is 141 Å². The van der Waals surface area contributed by atoms with Gasteiger partial charge in [0.2, 0.25) is 11.8 Å². The zero-order valence-electron chi connectivity index (χ0n) is 13.9. The first-order valence-corrected chi connectivity index (χ1v) is 8.45. The van der Waals surface area contributed by atoms with Crippen molar-refractivity contribution in [3.05, 3.63) is 24.3 Å². The molecule has 130 valence electrons. The fourth-order valence-electron chi connectivity index (χ4n) is 3.06. The number of hydrogen-bond acceptors (Lipinski definition) is 3. The van der Waals surface area contributed by atoms with Crippen LogP contribution in [-0.2, 0) is 14.4 Å². The number of nitrogens with one attached hydrogen (secondary N) is 2. The quantitative estimate of drug-likeness (QED) is 0.745. The second-order valence-corrected chi connectivity index (χ2v) is 6.20. The minimum Gasteiger partial charge on any atom is -0.481 e. The van der Waals surface area contributed by atoms with Crippen LogP contribution in [0, 0.1) is 11.8 Å². The maximum absolute atomic E-state index is 12.4. The monoisotopic (exact) mass is 332 g/mol. The molecule has 1 aliphatic carbocycles. The molecule has 0 aliphatic heterocycles. The molecular formula is C18H24N2O4. The molecule has 1 aromatic carbocycles. The van der Waals surface area contributed by atoms with Crippen LogP contribution in [0.4, 0.5) is 11.4 Å². The van der Waals surface area contributed by atoms with E-state index >= 15 is 0 Å². The Bertz CT molecular complexity index is 598. The number of carbonyl (C=O) groups excluding carboxylic acids is 2. The Hall–Kier alpha value is -2.37. The van der Waals surface area contributed by atoms with E-state index in [0.29, 0.717) is 30.6 Å². The number of anilines is 2. The first-order valence-electron chi connectivity index (χ1n) is 8.45. The Kier molecular flexibility index (Phi) is 6.35. The summed E-state index contributed by atoms with van der Waals surface area (Å²) >= 11 is 0. The lowest BCUT2D eigenvalue weighted by Gasteiger charge is -2.27. The van der Waals surface area contributed by atoms with Gasteiger partial charge in [-0.05, 0) is 43.5 Å². The largest absolute Gasteiger partial charge is 0.481 e. The van der Waals surface area contributed by atoms with Crippen LogP contribution in [0.1, 0.15) is 45.4 Å². The molecule has 1 aliphatic rings. The second kappa shape index (κ2) is 8.47. The van der Waals surface area contributed by atoms with Gasteiger partial charge in [0.15, 0.2) is 0 Å². The summed E-state index contributed by atoms with van der Waals surface area (Å²) in [7, 11) is 0. The van der Waals surface area contributed by atoms with E-state index < -0.39 is 17.8 Å². The first kappa shape index (κ1) is 18.0. The molecule has 2 amide bonds. The smallest absolute Gasteiger partial charge is 0.307 e. The Morgan fingerprint density at radius 2 is 1.54 bits per heavy atom. The highest BCUT2D eigenvalue weighted by atomic mass is 16.4. The number of carboxylic acid groups (broad SMARTS) is 1. The van der Waals surface area contributed by atoms with E-state index in [2.05, 4.69) is 10.6 Å². The summed E-state index contributed by atoms with van der Waals surface area (Å²) in [6.45, 7) is 1.94. The van der Waals surface area contributed by atoms with Gasteiger partial charge in [0.05, 0.1) is 11.8 Å². The highest BCUT2D eigenvalue weighted by Crippen LogP contribution is 2.31. The van der Waals surface area contributed by atoms with Gasteiger partial charge in [0.25, 0.3) is 0 Å². The first-order chi connectivity index (χ1) is 11.5. The predicted octanol–water partition coefficient (Wildman–Crippen LogP) is 3.25. The fraction of sp³-hybridized carbons (Fsp3) is 0.500. The van der Waals surface area contributed by atoms with Crippen molar-refractivity contribution >= 4 is 29.2 Å². The molecule has 2 atom stereocenters. The number of hydrogen-bond donors (Lipinski definition) is 3. The summed E-state index contributed by atoms with van der Waals surface area (Å²) in [6.07, 6.45) is 4.14. The van der Waals surface area contributed by atoms with Crippen LogP contribution < -0.4 is 10.6 Å². The molecule has 2 rings (SSSR count). The molecule has 3 N–H and O–H groups in total. The number of aliphatic carboxylic acids is 1. The predicted molar refractivity (Wildman–Crippen MR) is 91.7 cm³/mol. The SMILES string of the molecule is CCCC(=O)Nc1ccc(NC(=O)C2CCCCC2C(=O)O)cc1. The molecule has 0 heterocycles. The van der Waals surface area contributed by atoms with E-state index in [1.807, 2.05) is 6.92 Å². The zero-order chi connectivity index (χ0) is 17.5. The van der Waals surface area contributed by atoms with E-state index in [-0.39, 0.29) is 11.8 Å². The summed E-state index contributed by atoms with van der Waals surface area (Å²) in [4.78, 5) is 35.2. The average Bonchev–Trinajstić information content (AvgIpc) is 2.56. The second-order valence-electron chi connectivity index (χ2n) is 6.20. The van der Waals surface area contributed by atoms with E-state index in [9.17, 15) is 19.5 Å². The molecular weight excluding hydrogens is 308 g/mol. The summed E-state index contributed by atoms with van der Waals surface area (Å²) in [5.41, 5.74) is 1.27. The van der Waals surface area contributed by atoms with Crippen LogP contribution in [0.2, 0.25) is 0 Å². The minimum atomic E-state index is -0.899. The minimum absolute atomic E-state index is 0.0409. The molecule has 1 saturated carbocycles. The lowest BCUT2D eigenvalue weighted by molar-refractivity contribution is -0.147. The van der Waals surface area contributed by atoms with Crippen LogP contribution in [0.25, 0.3) is 0 Å². The Balaban J connectivity index is 1.96. The normalized spacial score (nSPS) is 20.2. The summed E-state index contributed by atoms with van der Waals surface area (Å²) in [5, 5.41) is 14.8. The van der Waals surface area contributed by atoms with Crippen molar-refractivity contribution < 1.29 is 19.5 Å². The van der Waals surface area contributed by atoms with Crippen molar-refractivity contribution in [1.82, 2.24) is 0 Å². The van der Waals surface area contributed by atoms with Gasteiger partial charge in [-0.15, -0.1) is 0 Å². The third-order valence-corrected chi connectivity index (χ3v) is 4.33. The van der Waals surface area contributed by atoms with Crippen molar-refractivity contribution in [3.63, 3.8) is 0 Å². The topological polar surface area (TPSA) is 95.5 Å². The molecule has 6 nitrogen and oxygen atoms in total. The standard InChI is InChI=1S/C18H24N2O4/c1-2-5-16(21)19-12-8-10-13(11-9-12)20-17(22)14-6-3-4-7-15(14)18(23)24/h8-11,14-15H,2-7H2,1H3,(H,19,21)(H,20,22)(H,23,24). The van der Waals surface area contributed by atoms with Gasteiger partial charge in [0, 0.05) is 17.8 Å². The lowest BCUT2D eigenvalue weighted by atomic mass is 9.78. The van der Waals surface area contributed by atoms with E-state index in [1.54, 1.807) is 24.3 Å². The number of carboxylic acids is 1. The van der Waals surface area contributed by atoms with Crippen LogP contribution in [0.3, 0.4) is 0 Å². The van der Waals surface area contributed by atoms with E-state index in [1.165, 1.54) is 0 Å². The van der Waals surface area contributed by atoms with Gasteiger partial charge in [-0.3, -0.25) is 14.4 Å². The Morgan fingerprint density at radius 1 is 1.00 bits per heavy atom. The van der Waals surface area contributed by atoms with Gasteiger partial charge in [0.1, 0.15) is 0 Å². The van der Waals surface area contributed by atoms with Crippen molar-refractivity contribution in [2.45, 2.75) is 45.4 Å². The average molecular weight is 332 g/mol. The molecule has 0 spiro atoms. The zero-order valence-corrected chi connectivity index (χ0v) is 13.9. The maximum Gasteiger partial charge on any atom is 0.307 e. The molecule has 1 aromatic rings. The fourth-order valence-corrected chi connectivity index (χ4v) is 3.06. The van der Waals surface area contributed by atoms with Crippen LogP contribution in [0.15, 0.2) is 24.3 Å². The van der Waals surface area contributed by atoms with Gasteiger partial charge in [-0.2, -0.15) is 0 Å². The van der Waals surface area contributed by atoms with E-state index in [4.69, 9.17) is 0 Å². The lowest BCUT2D eigenvalue weighted by Crippen LogP contribution is -2.36. The number of amides is 2. The molecule has 1 fully saturated rings. The van der Waals surface area contributed by atoms with Crippen molar-refractivity contribution in [2.75, 3.05) is 10.6 Å².